The number of hydrogen-bond acceptors (Lipinski definition) is 3. The van der Waals surface area contributed by atoms with Gasteiger partial charge in [-0.3, -0.25) is 0 Å². The molecule has 0 bridgehead atoms. The first-order valence-corrected chi connectivity index (χ1v) is 7.59. The highest BCUT2D eigenvalue weighted by Gasteiger charge is 2.16. The van der Waals surface area contributed by atoms with E-state index in [1.54, 1.807) is 7.11 Å². The standard InChI is InChI=1S/C17H29NO2/c1-6-7-14(4)20-17(12-18-13(2)3)15-8-10-16(19-5)11-9-15/h8-11,13-14,17-18H,6-7,12H2,1-5H3. The second-order valence-corrected chi connectivity index (χ2v) is 5.56. The molecule has 20 heavy (non-hydrogen) atoms. The molecule has 1 aromatic rings. The van der Waals surface area contributed by atoms with Crippen LogP contribution in [0.3, 0.4) is 0 Å². The molecule has 0 saturated heterocycles. The van der Waals surface area contributed by atoms with Crippen molar-refractivity contribution in [2.75, 3.05) is 13.7 Å². The molecule has 0 aliphatic rings. The molecule has 0 saturated carbocycles. The van der Waals surface area contributed by atoms with Gasteiger partial charge in [0, 0.05) is 12.6 Å². The highest BCUT2D eigenvalue weighted by molar-refractivity contribution is 5.28. The number of benzene rings is 1. The largest absolute Gasteiger partial charge is 0.497 e. The van der Waals surface area contributed by atoms with Crippen molar-refractivity contribution in [3.8, 4) is 5.75 Å². The molecule has 1 rings (SSSR count). The maximum atomic E-state index is 6.20. The lowest BCUT2D eigenvalue weighted by atomic mass is 10.1. The van der Waals surface area contributed by atoms with Crippen LogP contribution in [-0.2, 0) is 4.74 Å². The van der Waals surface area contributed by atoms with Gasteiger partial charge in [-0.25, -0.2) is 0 Å². The van der Waals surface area contributed by atoms with Crippen molar-refractivity contribution in [2.24, 2.45) is 0 Å². The second-order valence-electron chi connectivity index (χ2n) is 5.56. The SMILES string of the molecule is CCCC(C)OC(CNC(C)C)c1ccc(OC)cc1. The van der Waals surface area contributed by atoms with Crippen molar-refractivity contribution >= 4 is 0 Å². The van der Waals surface area contributed by atoms with Crippen LogP contribution in [0.5, 0.6) is 5.75 Å². The fourth-order valence-electron chi connectivity index (χ4n) is 2.16. The van der Waals surface area contributed by atoms with Crippen molar-refractivity contribution in [3.05, 3.63) is 29.8 Å². The van der Waals surface area contributed by atoms with Crippen molar-refractivity contribution in [2.45, 2.75) is 58.8 Å². The van der Waals surface area contributed by atoms with E-state index in [2.05, 4.69) is 45.1 Å². The van der Waals surface area contributed by atoms with Gasteiger partial charge in [0.05, 0.1) is 19.3 Å². The van der Waals surface area contributed by atoms with Gasteiger partial charge in [0.25, 0.3) is 0 Å². The van der Waals surface area contributed by atoms with Gasteiger partial charge in [-0.15, -0.1) is 0 Å². The Labute approximate surface area is 123 Å². The van der Waals surface area contributed by atoms with Crippen LogP contribution < -0.4 is 10.1 Å². The van der Waals surface area contributed by atoms with Crippen LogP contribution in [0, 0.1) is 0 Å². The molecular weight excluding hydrogens is 250 g/mol. The molecular formula is C17H29NO2. The summed E-state index contributed by atoms with van der Waals surface area (Å²) in [6, 6.07) is 8.62. The number of rotatable bonds is 9. The fraction of sp³-hybridized carbons (Fsp3) is 0.647. The predicted molar refractivity (Wildman–Crippen MR) is 84.3 cm³/mol. The Morgan fingerprint density at radius 3 is 2.25 bits per heavy atom. The second kappa shape index (κ2) is 8.98. The van der Waals surface area contributed by atoms with E-state index in [0.29, 0.717) is 6.04 Å². The Morgan fingerprint density at radius 2 is 1.75 bits per heavy atom. The topological polar surface area (TPSA) is 30.5 Å². The van der Waals surface area contributed by atoms with Gasteiger partial charge in [-0.05, 0) is 31.0 Å². The van der Waals surface area contributed by atoms with Crippen LogP contribution in [0.15, 0.2) is 24.3 Å². The molecule has 1 N–H and O–H groups in total. The van der Waals surface area contributed by atoms with Gasteiger partial charge in [-0.2, -0.15) is 0 Å². The summed E-state index contributed by atoms with van der Waals surface area (Å²) < 4.78 is 11.4. The van der Waals surface area contributed by atoms with E-state index in [1.807, 2.05) is 12.1 Å². The smallest absolute Gasteiger partial charge is 0.118 e. The van der Waals surface area contributed by atoms with Gasteiger partial charge in [0.1, 0.15) is 5.75 Å². The van der Waals surface area contributed by atoms with Gasteiger partial charge < -0.3 is 14.8 Å². The van der Waals surface area contributed by atoms with E-state index >= 15 is 0 Å². The van der Waals surface area contributed by atoms with Gasteiger partial charge in [0.2, 0.25) is 0 Å². The van der Waals surface area contributed by atoms with Crippen molar-refractivity contribution < 1.29 is 9.47 Å². The van der Waals surface area contributed by atoms with Gasteiger partial charge >= 0.3 is 0 Å². The summed E-state index contributed by atoms with van der Waals surface area (Å²) in [7, 11) is 1.69. The first kappa shape index (κ1) is 17.0. The molecule has 0 fully saturated rings. The van der Waals surface area contributed by atoms with E-state index in [9.17, 15) is 0 Å². The Bertz CT molecular complexity index is 362. The summed E-state index contributed by atoms with van der Waals surface area (Å²) in [5, 5.41) is 3.46. The first-order valence-electron chi connectivity index (χ1n) is 7.59. The molecule has 2 unspecified atom stereocenters. The lowest BCUT2D eigenvalue weighted by Crippen LogP contribution is -2.30. The van der Waals surface area contributed by atoms with Crippen molar-refractivity contribution in [3.63, 3.8) is 0 Å². The molecule has 2 atom stereocenters. The van der Waals surface area contributed by atoms with Crippen molar-refractivity contribution in [1.29, 1.82) is 0 Å². The molecule has 0 aromatic heterocycles. The molecule has 0 aliphatic carbocycles. The van der Waals surface area contributed by atoms with E-state index in [0.717, 1.165) is 25.1 Å². The third-order valence-electron chi connectivity index (χ3n) is 3.29. The fourth-order valence-corrected chi connectivity index (χ4v) is 2.16. The number of hydrogen-bond donors (Lipinski definition) is 1. The Morgan fingerprint density at radius 1 is 1.10 bits per heavy atom. The lowest BCUT2D eigenvalue weighted by molar-refractivity contribution is -0.00808. The van der Waals surface area contributed by atoms with E-state index in [-0.39, 0.29) is 12.2 Å². The van der Waals surface area contributed by atoms with E-state index in [1.165, 1.54) is 5.56 Å². The maximum absolute atomic E-state index is 6.20. The quantitative estimate of drug-likeness (QED) is 0.742. The van der Waals surface area contributed by atoms with Crippen LogP contribution in [-0.4, -0.2) is 25.8 Å². The summed E-state index contributed by atoms with van der Waals surface area (Å²) in [5.41, 5.74) is 1.20. The molecule has 0 aliphatic heterocycles. The van der Waals surface area contributed by atoms with E-state index in [4.69, 9.17) is 9.47 Å². The summed E-state index contributed by atoms with van der Waals surface area (Å²) in [6.45, 7) is 9.48. The third-order valence-corrected chi connectivity index (χ3v) is 3.29. The Balaban J connectivity index is 2.73. The Kier molecular flexibility index (Phi) is 7.63. The molecule has 0 spiro atoms. The average molecular weight is 279 g/mol. The minimum absolute atomic E-state index is 0.0878. The lowest BCUT2D eigenvalue weighted by Gasteiger charge is -2.24. The first-order chi connectivity index (χ1) is 9.56. The van der Waals surface area contributed by atoms with Crippen LogP contribution in [0.4, 0.5) is 0 Å². The van der Waals surface area contributed by atoms with Crippen LogP contribution in [0.25, 0.3) is 0 Å². The number of methoxy groups -OCH3 is 1. The molecule has 3 nitrogen and oxygen atoms in total. The molecule has 3 heteroatoms. The summed E-state index contributed by atoms with van der Waals surface area (Å²) in [5.74, 6) is 0.880. The molecule has 0 amide bonds. The highest BCUT2D eigenvalue weighted by Crippen LogP contribution is 2.22. The monoisotopic (exact) mass is 279 g/mol. The minimum Gasteiger partial charge on any atom is -0.497 e. The Hall–Kier alpha value is -1.06. The molecule has 0 radical (unpaired) electrons. The van der Waals surface area contributed by atoms with Crippen LogP contribution >= 0.6 is 0 Å². The summed E-state index contributed by atoms with van der Waals surface area (Å²) in [4.78, 5) is 0. The maximum Gasteiger partial charge on any atom is 0.118 e. The zero-order valence-corrected chi connectivity index (χ0v) is 13.5. The number of ether oxygens (including phenoxy) is 2. The minimum atomic E-state index is 0.0878. The normalized spacial score (nSPS) is 14.3. The molecule has 0 heterocycles. The van der Waals surface area contributed by atoms with Crippen LogP contribution in [0.1, 0.15) is 52.2 Å². The molecule has 1 aromatic carbocycles. The zero-order chi connectivity index (χ0) is 15.0. The van der Waals surface area contributed by atoms with Crippen molar-refractivity contribution in [1.82, 2.24) is 5.32 Å². The van der Waals surface area contributed by atoms with Gasteiger partial charge in [-0.1, -0.05) is 39.3 Å². The zero-order valence-electron chi connectivity index (χ0n) is 13.5. The van der Waals surface area contributed by atoms with Crippen LogP contribution in [0.2, 0.25) is 0 Å². The predicted octanol–water partition coefficient (Wildman–Crippen LogP) is 3.94. The highest BCUT2D eigenvalue weighted by atomic mass is 16.5. The molecule has 114 valence electrons. The third kappa shape index (κ3) is 5.93. The van der Waals surface area contributed by atoms with Gasteiger partial charge in [0.15, 0.2) is 0 Å². The summed E-state index contributed by atoms with van der Waals surface area (Å²) in [6.07, 6.45) is 2.61. The summed E-state index contributed by atoms with van der Waals surface area (Å²) >= 11 is 0. The number of nitrogens with one attached hydrogen (secondary N) is 1. The van der Waals surface area contributed by atoms with E-state index < -0.39 is 0 Å². The average Bonchev–Trinajstić information content (AvgIpc) is 2.43.